The maximum atomic E-state index is 4.92. The topological polar surface area (TPSA) is 28.4 Å². The second-order valence-corrected chi connectivity index (χ2v) is 3.84. The smallest absolute Gasteiger partial charge is 0.114 e. The standard InChI is InChI=1S/C10H9NO.C3H9N/c1-2-4-9(5-3-1)11-10-6-7-12-8-10;1-4(2)3/h1-8,11H;1-3H3. The van der Waals surface area contributed by atoms with Crippen molar-refractivity contribution in [3.05, 3.63) is 48.9 Å². The average molecular weight is 218 g/mol. The zero-order valence-electron chi connectivity index (χ0n) is 9.97. The Morgan fingerprint density at radius 3 is 2.06 bits per heavy atom. The van der Waals surface area contributed by atoms with E-state index in [0.29, 0.717) is 0 Å². The lowest BCUT2D eigenvalue weighted by Gasteiger charge is -2.00. The lowest BCUT2D eigenvalue weighted by Crippen LogP contribution is -1.99. The summed E-state index contributed by atoms with van der Waals surface area (Å²) in [4.78, 5) is 2.00. The summed E-state index contributed by atoms with van der Waals surface area (Å²) in [7, 11) is 6.00. The van der Waals surface area contributed by atoms with E-state index >= 15 is 0 Å². The summed E-state index contributed by atoms with van der Waals surface area (Å²) in [5, 5.41) is 3.19. The molecule has 2 aromatic rings. The summed E-state index contributed by atoms with van der Waals surface area (Å²) in [6.45, 7) is 0. The van der Waals surface area contributed by atoms with Crippen LogP contribution in [0, 0.1) is 0 Å². The molecule has 2 rings (SSSR count). The van der Waals surface area contributed by atoms with Crippen molar-refractivity contribution in [1.29, 1.82) is 0 Å². The van der Waals surface area contributed by atoms with Crippen LogP contribution in [-0.2, 0) is 0 Å². The molecule has 86 valence electrons. The van der Waals surface area contributed by atoms with Crippen molar-refractivity contribution in [3.8, 4) is 0 Å². The van der Waals surface area contributed by atoms with E-state index in [2.05, 4.69) is 5.32 Å². The van der Waals surface area contributed by atoms with Gasteiger partial charge < -0.3 is 14.6 Å². The van der Waals surface area contributed by atoms with Crippen LogP contribution in [0.1, 0.15) is 0 Å². The van der Waals surface area contributed by atoms with Crippen molar-refractivity contribution in [2.45, 2.75) is 0 Å². The number of nitrogens with one attached hydrogen (secondary N) is 1. The van der Waals surface area contributed by atoms with Gasteiger partial charge in [0.1, 0.15) is 6.26 Å². The number of hydrogen-bond acceptors (Lipinski definition) is 3. The predicted molar refractivity (Wildman–Crippen MR) is 68.0 cm³/mol. The first kappa shape index (κ1) is 12.3. The third-order valence-electron chi connectivity index (χ3n) is 1.58. The van der Waals surface area contributed by atoms with Crippen LogP contribution in [0.15, 0.2) is 53.3 Å². The quantitative estimate of drug-likeness (QED) is 0.839. The number of furan rings is 1. The van der Waals surface area contributed by atoms with Gasteiger partial charge in [0.05, 0.1) is 12.0 Å². The first-order valence-corrected chi connectivity index (χ1v) is 5.13. The Labute approximate surface area is 96.7 Å². The molecular formula is C13H18N2O. The molecule has 0 aliphatic rings. The van der Waals surface area contributed by atoms with Gasteiger partial charge in [-0.2, -0.15) is 0 Å². The molecule has 0 amide bonds. The van der Waals surface area contributed by atoms with E-state index in [9.17, 15) is 0 Å². The minimum Gasteiger partial charge on any atom is -0.470 e. The first-order valence-electron chi connectivity index (χ1n) is 5.13. The van der Waals surface area contributed by atoms with Crippen LogP contribution < -0.4 is 5.32 Å². The summed E-state index contributed by atoms with van der Waals surface area (Å²) in [6, 6.07) is 11.9. The van der Waals surface area contributed by atoms with Gasteiger partial charge in [-0.1, -0.05) is 18.2 Å². The third kappa shape index (κ3) is 5.22. The highest BCUT2D eigenvalue weighted by Crippen LogP contribution is 2.15. The van der Waals surface area contributed by atoms with Crippen molar-refractivity contribution in [3.63, 3.8) is 0 Å². The maximum absolute atomic E-state index is 4.92. The molecule has 0 bridgehead atoms. The molecule has 3 nitrogen and oxygen atoms in total. The van der Waals surface area contributed by atoms with Crippen LogP contribution in [0.4, 0.5) is 11.4 Å². The minimum atomic E-state index is 0.973. The van der Waals surface area contributed by atoms with Crippen molar-refractivity contribution < 1.29 is 4.42 Å². The molecule has 0 saturated heterocycles. The van der Waals surface area contributed by atoms with Crippen molar-refractivity contribution in [1.82, 2.24) is 4.90 Å². The lowest BCUT2D eigenvalue weighted by atomic mass is 10.3. The van der Waals surface area contributed by atoms with Gasteiger partial charge in [0.2, 0.25) is 0 Å². The van der Waals surface area contributed by atoms with E-state index in [1.54, 1.807) is 12.5 Å². The monoisotopic (exact) mass is 218 g/mol. The van der Waals surface area contributed by atoms with Gasteiger partial charge in [-0.15, -0.1) is 0 Å². The minimum absolute atomic E-state index is 0.973. The molecule has 1 N–H and O–H groups in total. The van der Waals surface area contributed by atoms with Crippen molar-refractivity contribution in [2.24, 2.45) is 0 Å². The second kappa shape index (κ2) is 6.69. The van der Waals surface area contributed by atoms with E-state index in [4.69, 9.17) is 4.42 Å². The van der Waals surface area contributed by atoms with E-state index < -0.39 is 0 Å². The zero-order chi connectivity index (χ0) is 11.8. The summed E-state index contributed by atoms with van der Waals surface area (Å²) < 4.78 is 4.92. The van der Waals surface area contributed by atoms with E-state index in [1.807, 2.05) is 62.4 Å². The Bertz CT molecular complexity index is 365. The Kier molecular flexibility index (Phi) is 5.16. The summed E-state index contributed by atoms with van der Waals surface area (Å²) in [5.74, 6) is 0. The molecule has 0 spiro atoms. The van der Waals surface area contributed by atoms with Gasteiger partial charge >= 0.3 is 0 Å². The van der Waals surface area contributed by atoms with Crippen molar-refractivity contribution in [2.75, 3.05) is 26.5 Å². The molecule has 0 aliphatic carbocycles. The normalized spacial score (nSPS) is 9.50. The van der Waals surface area contributed by atoms with Gasteiger partial charge in [0.25, 0.3) is 0 Å². The van der Waals surface area contributed by atoms with E-state index in [0.717, 1.165) is 11.4 Å². The van der Waals surface area contributed by atoms with Crippen LogP contribution in [0.3, 0.4) is 0 Å². The molecule has 3 heteroatoms. The summed E-state index contributed by atoms with van der Waals surface area (Å²) in [6.07, 6.45) is 3.32. The molecule has 0 aliphatic heterocycles. The fourth-order valence-electron chi connectivity index (χ4n) is 1.02. The number of hydrogen-bond donors (Lipinski definition) is 1. The van der Waals surface area contributed by atoms with Gasteiger partial charge in [-0.05, 0) is 39.3 Å². The molecule has 16 heavy (non-hydrogen) atoms. The Hall–Kier alpha value is -1.74. The molecule has 0 atom stereocenters. The fourth-order valence-corrected chi connectivity index (χ4v) is 1.02. The van der Waals surface area contributed by atoms with E-state index in [-0.39, 0.29) is 0 Å². The fraction of sp³-hybridized carbons (Fsp3) is 0.231. The molecular weight excluding hydrogens is 200 g/mol. The number of anilines is 2. The SMILES string of the molecule is CN(C)C.c1ccc(Nc2ccoc2)cc1. The molecule has 0 unspecified atom stereocenters. The first-order chi connectivity index (χ1) is 7.68. The van der Waals surface area contributed by atoms with Crippen LogP contribution in [0.25, 0.3) is 0 Å². The highest BCUT2D eigenvalue weighted by molar-refractivity contribution is 5.57. The van der Waals surface area contributed by atoms with Gasteiger partial charge in [-0.3, -0.25) is 0 Å². The highest BCUT2D eigenvalue weighted by Gasteiger charge is 1.92. The van der Waals surface area contributed by atoms with Crippen LogP contribution in [-0.4, -0.2) is 26.0 Å². The molecule has 0 fully saturated rings. The van der Waals surface area contributed by atoms with E-state index in [1.165, 1.54) is 0 Å². The molecule has 0 saturated carbocycles. The van der Waals surface area contributed by atoms with Crippen LogP contribution in [0.2, 0.25) is 0 Å². The second-order valence-electron chi connectivity index (χ2n) is 3.84. The van der Waals surface area contributed by atoms with Gasteiger partial charge in [0, 0.05) is 5.69 Å². The van der Waals surface area contributed by atoms with Crippen LogP contribution in [0.5, 0.6) is 0 Å². The van der Waals surface area contributed by atoms with Crippen molar-refractivity contribution >= 4 is 11.4 Å². The molecule has 1 aromatic heterocycles. The summed E-state index contributed by atoms with van der Waals surface area (Å²) in [5.41, 5.74) is 2.04. The lowest BCUT2D eigenvalue weighted by molar-refractivity contribution is 0.505. The maximum Gasteiger partial charge on any atom is 0.114 e. The molecule has 1 aromatic carbocycles. The Balaban J connectivity index is 0.000000280. The largest absolute Gasteiger partial charge is 0.470 e. The van der Waals surface area contributed by atoms with Crippen LogP contribution >= 0.6 is 0 Å². The summed E-state index contributed by atoms with van der Waals surface area (Å²) >= 11 is 0. The molecule has 0 radical (unpaired) electrons. The Morgan fingerprint density at radius 1 is 0.938 bits per heavy atom. The van der Waals surface area contributed by atoms with Gasteiger partial charge in [0.15, 0.2) is 0 Å². The third-order valence-corrected chi connectivity index (χ3v) is 1.58. The highest BCUT2D eigenvalue weighted by atomic mass is 16.3. The number of para-hydroxylation sites is 1. The van der Waals surface area contributed by atoms with Gasteiger partial charge in [-0.25, -0.2) is 0 Å². The average Bonchev–Trinajstić information content (AvgIpc) is 2.71. The predicted octanol–water partition coefficient (Wildman–Crippen LogP) is 3.20. The Morgan fingerprint density at radius 2 is 1.56 bits per heavy atom. The molecule has 1 heterocycles. The number of nitrogens with zero attached hydrogens (tertiary/aromatic N) is 1. The number of benzene rings is 1. The number of rotatable bonds is 2. The zero-order valence-corrected chi connectivity index (χ0v) is 9.97.